The molecule has 1 heterocycles. The van der Waals surface area contributed by atoms with Gasteiger partial charge in [0.2, 0.25) is 0 Å². The maximum Gasteiger partial charge on any atom is 0.0595 e. The first kappa shape index (κ1) is 11.8. The summed E-state index contributed by atoms with van der Waals surface area (Å²) in [5, 5.41) is 0. The van der Waals surface area contributed by atoms with Gasteiger partial charge in [-0.25, -0.2) is 0 Å². The average Bonchev–Trinajstić information content (AvgIpc) is 2.25. The smallest absolute Gasteiger partial charge is 0.0595 e. The molecular weight excluding hydrogens is 184 g/mol. The maximum atomic E-state index is 4.44. The van der Waals surface area contributed by atoms with Crippen molar-refractivity contribution in [2.45, 2.75) is 33.6 Å². The van der Waals surface area contributed by atoms with Gasteiger partial charge in [0, 0.05) is 12.4 Å². The summed E-state index contributed by atoms with van der Waals surface area (Å²) in [6.45, 7) is 10.3. The van der Waals surface area contributed by atoms with Crippen LogP contribution in [0.3, 0.4) is 0 Å². The summed E-state index contributed by atoms with van der Waals surface area (Å²) in [6.07, 6.45) is 10.2. The third kappa shape index (κ3) is 3.08. The molecule has 0 unspecified atom stereocenters. The van der Waals surface area contributed by atoms with E-state index in [2.05, 4.69) is 44.6 Å². The Hall–Kier alpha value is -1.31. The van der Waals surface area contributed by atoms with Crippen molar-refractivity contribution in [3.05, 3.63) is 36.4 Å². The van der Waals surface area contributed by atoms with Crippen LogP contribution in [0.2, 0.25) is 0 Å². The molecule has 0 radical (unpaired) electrons. The molecule has 0 atom stereocenters. The quantitative estimate of drug-likeness (QED) is 0.681. The van der Waals surface area contributed by atoms with E-state index >= 15 is 0 Å². The van der Waals surface area contributed by atoms with Gasteiger partial charge in [-0.3, -0.25) is 4.99 Å². The van der Waals surface area contributed by atoms with Gasteiger partial charge in [0.05, 0.1) is 17.6 Å². The predicted octanol–water partition coefficient (Wildman–Crippen LogP) is 3.70. The highest BCUT2D eigenvalue weighted by molar-refractivity contribution is 5.80. The molecule has 1 aliphatic heterocycles. The lowest BCUT2D eigenvalue weighted by atomic mass is 10.1. The molecule has 2 nitrogen and oxygen atoms in total. The van der Waals surface area contributed by atoms with Crippen LogP contribution < -0.4 is 0 Å². The lowest BCUT2D eigenvalue weighted by molar-refractivity contribution is 0.615. The van der Waals surface area contributed by atoms with Gasteiger partial charge in [-0.2, -0.15) is 0 Å². The predicted molar refractivity (Wildman–Crippen MR) is 66.4 cm³/mol. The Balaban J connectivity index is 2.83. The number of rotatable bonds is 4. The molecule has 0 N–H and O–H groups in total. The fraction of sp³-hybridized carbons (Fsp3) is 0.462. The van der Waals surface area contributed by atoms with Gasteiger partial charge < -0.3 is 4.90 Å². The summed E-state index contributed by atoms with van der Waals surface area (Å²) >= 11 is 0. The van der Waals surface area contributed by atoms with E-state index in [0.29, 0.717) is 5.92 Å². The average molecular weight is 204 g/mol. The largest absolute Gasteiger partial charge is 0.321 e. The number of hydrogen-bond acceptors (Lipinski definition) is 2. The third-order valence-electron chi connectivity index (χ3n) is 2.35. The van der Waals surface area contributed by atoms with E-state index in [0.717, 1.165) is 24.2 Å². The van der Waals surface area contributed by atoms with Crippen molar-refractivity contribution in [2.75, 3.05) is 0 Å². The molecule has 0 aromatic carbocycles. The SMILES string of the molecule is C=CN1C=C(C(C)C)N=C/C1=C/CCC. The highest BCUT2D eigenvalue weighted by Gasteiger charge is 2.10. The number of aliphatic imine (C=N–C) groups is 1. The van der Waals surface area contributed by atoms with Crippen LogP contribution in [0.4, 0.5) is 0 Å². The minimum atomic E-state index is 0.455. The topological polar surface area (TPSA) is 15.6 Å². The van der Waals surface area contributed by atoms with E-state index in [9.17, 15) is 0 Å². The summed E-state index contributed by atoms with van der Waals surface area (Å²) < 4.78 is 0. The molecule has 0 spiro atoms. The van der Waals surface area contributed by atoms with E-state index in [1.807, 2.05) is 17.3 Å². The minimum absolute atomic E-state index is 0.455. The fourth-order valence-electron chi connectivity index (χ4n) is 1.36. The van der Waals surface area contributed by atoms with Crippen molar-refractivity contribution in [1.82, 2.24) is 4.90 Å². The number of nitrogens with zero attached hydrogens (tertiary/aromatic N) is 2. The van der Waals surface area contributed by atoms with Crippen LogP contribution in [0, 0.1) is 5.92 Å². The first-order valence-corrected chi connectivity index (χ1v) is 5.55. The zero-order valence-electron chi connectivity index (χ0n) is 9.90. The van der Waals surface area contributed by atoms with Gasteiger partial charge in [0.25, 0.3) is 0 Å². The summed E-state index contributed by atoms with van der Waals surface area (Å²) in [5.41, 5.74) is 2.22. The molecule has 2 heteroatoms. The number of allylic oxidation sites excluding steroid dienone is 3. The van der Waals surface area contributed by atoms with Gasteiger partial charge in [0.15, 0.2) is 0 Å². The molecule has 0 aromatic heterocycles. The molecule has 0 saturated carbocycles. The molecule has 0 amide bonds. The Bertz CT molecular complexity index is 308. The van der Waals surface area contributed by atoms with Gasteiger partial charge in [0.1, 0.15) is 0 Å². The van der Waals surface area contributed by atoms with Gasteiger partial charge in [-0.05, 0) is 12.3 Å². The van der Waals surface area contributed by atoms with Crippen LogP contribution in [-0.4, -0.2) is 11.1 Å². The summed E-state index contributed by atoms with van der Waals surface area (Å²) in [4.78, 5) is 6.48. The van der Waals surface area contributed by atoms with Crippen LogP contribution in [0.25, 0.3) is 0 Å². The normalized spacial score (nSPS) is 18.5. The van der Waals surface area contributed by atoms with Crippen LogP contribution in [0.5, 0.6) is 0 Å². The van der Waals surface area contributed by atoms with Crippen molar-refractivity contribution >= 4 is 6.21 Å². The summed E-state index contributed by atoms with van der Waals surface area (Å²) in [7, 11) is 0. The molecule has 0 bridgehead atoms. The molecule has 1 aliphatic rings. The minimum Gasteiger partial charge on any atom is -0.321 e. The molecule has 82 valence electrons. The second-order valence-electron chi connectivity index (χ2n) is 3.97. The van der Waals surface area contributed by atoms with Crippen molar-refractivity contribution in [1.29, 1.82) is 0 Å². The third-order valence-corrected chi connectivity index (χ3v) is 2.35. The Kier molecular flexibility index (Phi) is 4.35. The lowest BCUT2D eigenvalue weighted by Crippen LogP contribution is -2.16. The first-order valence-electron chi connectivity index (χ1n) is 5.55. The molecule has 0 saturated heterocycles. The molecule has 0 aromatic rings. The highest BCUT2D eigenvalue weighted by atomic mass is 15.1. The zero-order chi connectivity index (χ0) is 11.3. The molecule has 0 aliphatic carbocycles. The standard InChI is InChI=1S/C13H20N2/c1-5-7-8-12-9-14-13(11(3)4)10-15(12)6-2/h6,8-11H,2,5,7H2,1,3-4H3/b12-8-. The van der Waals surface area contributed by atoms with Crippen LogP contribution in [-0.2, 0) is 0 Å². The van der Waals surface area contributed by atoms with E-state index in [4.69, 9.17) is 0 Å². The zero-order valence-corrected chi connectivity index (χ0v) is 9.90. The second kappa shape index (κ2) is 5.54. The Morgan fingerprint density at radius 2 is 2.27 bits per heavy atom. The Labute approximate surface area is 92.7 Å². The van der Waals surface area contributed by atoms with E-state index in [1.165, 1.54) is 0 Å². The van der Waals surface area contributed by atoms with Gasteiger partial charge >= 0.3 is 0 Å². The van der Waals surface area contributed by atoms with E-state index < -0.39 is 0 Å². The summed E-state index contributed by atoms with van der Waals surface area (Å²) in [6, 6.07) is 0. The maximum absolute atomic E-state index is 4.44. The van der Waals surface area contributed by atoms with Crippen LogP contribution in [0.1, 0.15) is 33.6 Å². The highest BCUT2D eigenvalue weighted by Crippen LogP contribution is 2.19. The van der Waals surface area contributed by atoms with Crippen molar-refractivity contribution < 1.29 is 0 Å². The van der Waals surface area contributed by atoms with E-state index in [-0.39, 0.29) is 0 Å². The van der Waals surface area contributed by atoms with E-state index in [1.54, 1.807) is 0 Å². The number of unbranched alkanes of at least 4 members (excludes halogenated alkanes) is 1. The number of hydrogen-bond donors (Lipinski definition) is 0. The lowest BCUT2D eigenvalue weighted by Gasteiger charge is -2.22. The van der Waals surface area contributed by atoms with Gasteiger partial charge in [-0.1, -0.05) is 39.8 Å². The Morgan fingerprint density at radius 1 is 1.53 bits per heavy atom. The van der Waals surface area contributed by atoms with Crippen molar-refractivity contribution in [3.8, 4) is 0 Å². The first-order chi connectivity index (χ1) is 7.19. The molecule has 1 rings (SSSR count). The summed E-state index contributed by atoms with van der Waals surface area (Å²) in [5.74, 6) is 0.455. The Morgan fingerprint density at radius 3 is 2.80 bits per heavy atom. The van der Waals surface area contributed by atoms with Crippen LogP contribution in [0.15, 0.2) is 41.4 Å². The van der Waals surface area contributed by atoms with Crippen molar-refractivity contribution in [2.24, 2.45) is 10.9 Å². The molecule has 0 fully saturated rings. The van der Waals surface area contributed by atoms with Gasteiger partial charge in [-0.15, -0.1) is 0 Å². The molecule has 15 heavy (non-hydrogen) atoms. The molecular formula is C13H20N2. The monoisotopic (exact) mass is 204 g/mol. The second-order valence-corrected chi connectivity index (χ2v) is 3.97. The van der Waals surface area contributed by atoms with Crippen molar-refractivity contribution in [3.63, 3.8) is 0 Å². The fourth-order valence-corrected chi connectivity index (χ4v) is 1.36. The van der Waals surface area contributed by atoms with Crippen LogP contribution >= 0.6 is 0 Å².